The van der Waals surface area contributed by atoms with Crippen LogP contribution in [0.25, 0.3) is 0 Å². The van der Waals surface area contributed by atoms with Crippen LogP contribution in [0, 0.1) is 11.8 Å². The Labute approximate surface area is 288 Å². The second kappa shape index (κ2) is 16.4. The lowest BCUT2D eigenvalue weighted by atomic mass is 9.85. The average molecular weight is 739 g/mol. The van der Waals surface area contributed by atoms with Crippen LogP contribution in [0.2, 0.25) is 0 Å². The number of nitrogens with one attached hydrogen (secondary N) is 4. The van der Waals surface area contributed by atoms with Crippen LogP contribution in [0.1, 0.15) is 57.8 Å². The Morgan fingerprint density at radius 3 is 1.33 bits per heavy atom. The minimum atomic E-state index is -5.01. The molecular weight excluding hydrogens is 698 g/mol. The number of ether oxygens (including phenoxy) is 3. The van der Waals surface area contributed by atoms with Gasteiger partial charge in [0.1, 0.15) is 12.1 Å². The number of rotatable bonds is 12. The molecule has 4 amide bonds. The van der Waals surface area contributed by atoms with E-state index in [1.54, 1.807) is 0 Å². The standard InChI is InChI=1S/C30H40F6N8O7/c1-37-27(47)19(39-25(45)17-13-43(3)41-23(17)29(31,32)33)21(15-5-9-49-10-6-15)51-22(16-7-11-50-12-8-16)20(28(48)38-2)40-26(46)18-14-44(4)42-24(18)30(34,35)36/h13-16,19-22H,5-12H2,1-4H3,(H,37,47)(H,38,48)(H,39,45)(H,40,46). The van der Waals surface area contributed by atoms with Crippen molar-refractivity contribution in [3.05, 3.63) is 34.9 Å². The van der Waals surface area contributed by atoms with Crippen molar-refractivity contribution >= 4 is 23.6 Å². The quantitative estimate of drug-likeness (QED) is 0.233. The highest BCUT2D eigenvalue weighted by atomic mass is 19.4. The Morgan fingerprint density at radius 2 is 1.04 bits per heavy atom. The molecule has 4 atom stereocenters. The van der Waals surface area contributed by atoms with Crippen molar-refractivity contribution in [1.29, 1.82) is 0 Å². The van der Waals surface area contributed by atoms with E-state index in [0.29, 0.717) is 0 Å². The van der Waals surface area contributed by atoms with Crippen molar-refractivity contribution in [3.8, 4) is 0 Å². The molecule has 2 aromatic heterocycles. The van der Waals surface area contributed by atoms with Crippen LogP contribution in [0.4, 0.5) is 26.3 Å². The van der Waals surface area contributed by atoms with Crippen molar-refractivity contribution in [1.82, 2.24) is 40.8 Å². The van der Waals surface area contributed by atoms with E-state index in [2.05, 4.69) is 31.5 Å². The van der Waals surface area contributed by atoms with Gasteiger partial charge in [-0.3, -0.25) is 28.5 Å². The van der Waals surface area contributed by atoms with Crippen molar-refractivity contribution in [2.45, 2.75) is 62.3 Å². The zero-order valence-corrected chi connectivity index (χ0v) is 28.2. The first-order chi connectivity index (χ1) is 24.0. The van der Waals surface area contributed by atoms with Gasteiger partial charge >= 0.3 is 12.4 Å². The van der Waals surface area contributed by atoms with Crippen molar-refractivity contribution < 1.29 is 59.7 Å². The molecule has 0 saturated carbocycles. The molecule has 51 heavy (non-hydrogen) atoms. The van der Waals surface area contributed by atoms with Crippen LogP contribution in [0.5, 0.6) is 0 Å². The molecule has 2 aliphatic heterocycles. The first-order valence-electron chi connectivity index (χ1n) is 16.0. The van der Waals surface area contributed by atoms with E-state index >= 15 is 0 Å². The molecule has 2 aromatic rings. The van der Waals surface area contributed by atoms with Crippen molar-refractivity contribution in [3.63, 3.8) is 0 Å². The summed E-state index contributed by atoms with van der Waals surface area (Å²) in [6, 6.07) is -3.32. The molecule has 0 bridgehead atoms. The highest BCUT2D eigenvalue weighted by molar-refractivity contribution is 5.99. The van der Waals surface area contributed by atoms with Crippen LogP contribution >= 0.6 is 0 Å². The molecule has 0 aromatic carbocycles. The minimum Gasteiger partial charge on any atom is -0.381 e. The van der Waals surface area contributed by atoms with E-state index in [1.807, 2.05) is 0 Å². The van der Waals surface area contributed by atoms with Crippen LogP contribution < -0.4 is 21.3 Å². The predicted molar refractivity (Wildman–Crippen MR) is 163 cm³/mol. The van der Waals surface area contributed by atoms with Crippen LogP contribution in [0.15, 0.2) is 12.4 Å². The molecule has 2 saturated heterocycles. The summed E-state index contributed by atoms with van der Waals surface area (Å²) in [5.41, 5.74) is -4.70. The SMILES string of the molecule is CNC(=O)C(NC(=O)c1cn(C)nc1C(F)(F)F)C(OC(C1CCOCC1)C(NC(=O)c1cn(C)nc1C(F)(F)F)C(=O)NC)C1CCOCC1. The van der Waals surface area contributed by atoms with E-state index in [9.17, 15) is 45.5 Å². The highest BCUT2D eigenvalue weighted by Crippen LogP contribution is 2.34. The first-order valence-corrected chi connectivity index (χ1v) is 16.0. The summed E-state index contributed by atoms with van der Waals surface area (Å²) in [5, 5.41) is 16.2. The van der Waals surface area contributed by atoms with Gasteiger partial charge in [-0.1, -0.05) is 0 Å². The Hall–Kier alpha value is -4.24. The number of amides is 4. The summed E-state index contributed by atoms with van der Waals surface area (Å²) in [5.74, 6) is -5.46. The monoisotopic (exact) mass is 738 g/mol. The molecule has 4 heterocycles. The smallest absolute Gasteiger partial charge is 0.381 e. The number of halogens is 6. The second-order valence-corrected chi connectivity index (χ2v) is 12.2. The molecule has 21 heteroatoms. The largest absolute Gasteiger partial charge is 0.435 e. The molecule has 4 unspecified atom stereocenters. The number of hydrogen-bond donors (Lipinski definition) is 4. The first kappa shape index (κ1) is 39.5. The number of nitrogens with zero attached hydrogens (tertiary/aromatic N) is 4. The number of hydrogen-bond acceptors (Lipinski definition) is 9. The van der Waals surface area contributed by atoms with Gasteiger partial charge in [0, 0.05) is 67.0 Å². The summed E-state index contributed by atoms with van der Waals surface area (Å²) in [7, 11) is 4.85. The molecule has 15 nitrogen and oxygen atoms in total. The lowest BCUT2D eigenvalue weighted by Crippen LogP contribution is -2.62. The van der Waals surface area contributed by atoms with Crippen molar-refractivity contribution in [2.24, 2.45) is 25.9 Å². The van der Waals surface area contributed by atoms with Crippen LogP contribution in [-0.2, 0) is 50.2 Å². The number of carbonyl (C=O) groups excluding carboxylic acids is 4. The Kier molecular flexibility index (Phi) is 12.7. The zero-order valence-electron chi connectivity index (χ0n) is 28.2. The lowest BCUT2D eigenvalue weighted by Gasteiger charge is -2.42. The molecule has 2 aliphatic rings. The summed E-state index contributed by atoms with van der Waals surface area (Å²) >= 11 is 0. The molecular formula is C30H40F6N8O7. The summed E-state index contributed by atoms with van der Waals surface area (Å²) < 4.78 is 102. The van der Waals surface area contributed by atoms with Gasteiger partial charge in [0.2, 0.25) is 11.8 Å². The van der Waals surface area contributed by atoms with Gasteiger partial charge in [0.05, 0.1) is 23.3 Å². The fourth-order valence-corrected chi connectivity index (χ4v) is 6.26. The third-order valence-corrected chi connectivity index (χ3v) is 8.75. The Balaban J connectivity index is 1.78. The average Bonchev–Trinajstić information content (AvgIpc) is 3.70. The minimum absolute atomic E-state index is 0.193. The summed E-state index contributed by atoms with van der Waals surface area (Å²) in [6.07, 6.45) is -9.98. The van der Waals surface area contributed by atoms with Gasteiger partial charge in [0.15, 0.2) is 11.4 Å². The Morgan fingerprint density at radius 1 is 0.706 bits per heavy atom. The molecule has 4 N–H and O–H groups in total. The van der Waals surface area contributed by atoms with E-state index in [1.165, 1.54) is 28.2 Å². The van der Waals surface area contributed by atoms with Crippen LogP contribution in [-0.4, -0.2) is 108 Å². The van der Waals surface area contributed by atoms with Gasteiger partial charge in [-0.2, -0.15) is 36.5 Å². The number of likely N-dealkylation sites (N-methyl/N-ethyl adjacent to an activating group) is 2. The van der Waals surface area contributed by atoms with Gasteiger partial charge < -0.3 is 35.5 Å². The topological polar surface area (TPSA) is 180 Å². The highest BCUT2D eigenvalue weighted by Gasteiger charge is 2.46. The fourth-order valence-electron chi connectivity index (χ4n) is 6.26. The van der Waals surface area contributed by atoms with E-state index in [-0.39, 0.29) is 52.1 Å². The molecule has 0 radical (unpaired) electrons. The predicted octanol–water partition coefficient (Wildman–Crippen LogP) is 1.19. The normalized spacial score (nSPS) is 18.7. The maximum atomic E-state index is 13.8. The molecule has 0 aliphatic carbocycles. The Bertz CT molecular complexity index is 1440. The fraction of sp³-hybridized carbons (Fsp3) is 0.667. The van der Waals surface area contributed by atoms with Gasteiger partial charge in [-0.15, -0.1) is 0 Å². The third kappa shape index (κ3) is 9.56. The summed E-state index contributed by atoms with van der Waals surface area (Å²) in [4.78, 5) is 53.9. The van der Waals surface area contributed by atoms with Gasteiger partial charge in [-0.25, -0.2) is 0 Å². The molecule has 284 valence electrons. The number of aryl methyl sites for hydroxylation is 2. The maximum absolute atomic E-state index is 13.8. The zero-order chi connectivity index (χ0) is 37.7. The number of aromatic nitrogens is 4. The van der Waals surface area contributed by atoms with E-state index in [4.69, 9.17) is 14.2 Å². The maximum Gasteiger partial charge on any atom is 0.435 e. The van der Waals surface area contributed by atoms with Gasteiger partial charge in [-0.05, 0) is 37.5 Å². The van der Waals surface area contributed by atoms with Gasteiger partial charge in [0.25, 0.3) is 11.8 Å². The van der Waals surface area contributed by atoms with E-state index < -0.39 is 94.6 Å². The lowest BCUT2D eigenvalue weighted by molar-refractivity contribution is -0.150. The third-order valence-electron chi connectivity index (χ3n) is 8.75. The second-order valence-electron chi connectivity index (χ2n) is 12.2. The molecule has 2 fully saturated rings. The molecule has 0 spiro atoms. The van der Waals surface area contributed by atoms with Crippen molar-refractivity contribution in [2.75, 3.05) is 40.5 Å². The van der Waals surface area contributed by atoms with E-state index in [0.717, 1.165) is 21.8 Å². The molecule has 4 rings (SSSR count). The summed E-state index contributed by atoms with van der Waals surface area (Å²) in [6.45, 7) is 0.772. The number of carbonyl (C=O) groups is 4. The van der Waals surface area contributed by atoms with Crippen LogP contribution in [0.3, 0.4) is 0 Å². The number of alkyl halides is 6.